The summed E-state index contributed by atoms with van der Waals surface area (Å²) in [5, 5.41) is 11.6. The Morgan fingerprint density at radius 1 is 0.966 bits per heavy atom. The normalized spacial score (nSPS) is 17.2. The summed E-state index contributed by atoms with van der Waals surface area (Å²) in [6.07, 6.45) is 3.31. The quantitative estimate of drug-likeness (QED) is 0.698. The number of nitrogens with zero attached hydrogens (tertiary/aromatic N) is 5. The van der Waals surface area contributed by atoms with Crippen LogP contribution in [-0.2, 0) is 0 Å². The molecule has 1 atom stereocenters. The lowest BCUT2D eigenvalue weighted by Crippen LogP contribution is -2.38. The molecule has 1 N–H and O–H groups in total. The summed E-state index contributed by atoms with van der Waals surface area (Å²) in [5.41, 5.74) is 0.433. The first-order valence-corrected chi connectivity index (χ1v) is 9.09. The average molecular weight is 395 g/mol. The van der Waals surface area contributed by atoms with Crippen LogP contribution in [0.25, 0.3) is 10.8 Å². The van der Waals surface area contributed by atoms with Gasteiger partial charge in [-0.1, -0.05) is 6.07 Å². The lowest BCUT2D eigenvalue weighted by molar-refractivity contribution is 0.0626. The number of β-amino-alcohol motifs (C(OH)–C–C–N with tert-alkyl or cyclic N) is 1. The van der Waals surface area contributed by atoms with Crippen molar-refractivity contribution in [1.29, 1.82) is 0 Å². The third-order valence-corrected chi connectivity index (χ3v) is 4.78. The maximum atomic E-state index is 13.3. The minimum atomic E-state index is -0.901. The van der Waals surface area contributed by atoms with Crippen LogP contribution >= 0.6 is 0 Å². The van der Waals surface area contributed by atoms with E-state index in [1.807, 2.05) is 0 Å². The molecule has 4 rings (SSSR count). The largest absolute Gasteiger partial charge is 0.389 e. The monoisotopic (exact) mass is 395 g/mol. The van der Waals surface area contributed by atoms with Crippen molar-refractivity contribution in [3.63, 3.8) is 0 Å². The molecule has 9 heteroatoms. The van der Waals surface area contributed by atoms with Crippen molar-refractivity contribution < 1.29 is 19.1 Å². The van der Waals surface area contributed by atoms with E-state index in [2.05, 4.69) is 15.0 Å². The van der Waals surface area contributed by atoms with Gasteiger partial charge in [0.25, 0.3) is 11.8 Å². The molecule has 0 spiro atoms. The number of aliphatic hydroxyl groups excluding tert-OH is 1. The third kappa shape index (κ3) is 4.04. The molecule has 0 radical (unpaired) electrons. The highest BCUT2D eigenvalue weighted by molar-refractivity contribution is 5.96. The number of hydrogen-bond acceptors (Lipinski definition) is 6. The van der Waals surface area contributed by atoms with Gasteiger partial charge in [-0.05, 0) is 29.7 Å². The summed E-state index contributed by atoms with van der Waals surface area (Å²) in [4.78, 5) is 40.3. The summed E-state index contributed by atoms with van der Waals surface area (Å²) in [7, 11) is 0. The van der Waals surface area contributed by atoms with Crippen molar-refractivity contribution in [1.82, 2.24) is 24.8 Å². The second-order valence-corrected chi connectivity index (χ2v) is 6.81. The minimum Gasteiger partial charge on any atom is -0.389 e. The molecule has 0 saturated carbocycles. The van der Waals surface area contributed by atoms with E-state index in [1.54, 1.807) is 12.1 Å². The van der Waals surface area contributed by atoms with Crippen molar-refractivity contribution >= 4 is 22.6 Å². The van der Waals surface area contributed by atoms with E-state index in [4.69, 9.17) is 0 Å². The van der Waals surface area contributed by atoms with Gasteiger partial charge >= 0.3 is 0 Å². The summed E-state index contributed by atoms with van der Waals surface area (Å²) >= 11 is 0. The molecule has 1 aliphatic rings. The topological polar surface area (TPSA) is 99.5 Å². The number of fused-ring (bicyclic) bond motifs is 1. The molecule has 2 amide bonds. The summed E-state index contributed by atoms with van der Waals surface area (Å²) in [6.45, 7) is 0.673. The number of benzene rings is 1. The van der Waals surface area contributed by atoms with Gasteiger partial charge in [0, 0.05) is 44.0 Å². The number of pyridine rings is 1. The maximum Gasteiger partial charge on any atom is 0.272 e. The van der Waals surface area contributed by atoms with E-state index in [0.29, 0.717) is 10.8 Å². The smallest absolute Gasteiger partial charge is 0.272 e. The Morgan fingerprint density at radius 2 is 1.69 bits per heavy atom. The van der Waals surface area contributed by atoms with E-state index < -0.39 is 6.10 Å². The molecule has 1 saturated heterocycles. The van der Waals surface area contributed by atoms with Gasteiger partial charge in [0.15, 0.2) is 0 Å². The van der Waals surface area contributed by atoms with Crippen molar-refractivity contribution in [2.45, 2.75) is 6.10 Å². The molecule has 1 unspecified atom stereocenters. The number of aliphatic hydroxyl groups is 1. The molecule has 2 aromatic heterocycles. The predicted octanol–water partition coefficient (Wildman–Crippen LogP) is 1.12. The Bertz CT molecular complexity index is 1060. The van der Waals surface area contributed by atoms with Crippen molar-refractivity contribution in [3.05, 3.63) is 66.3 Å². The molecule has 1 fully saturated rings. The molecule has 3 heterocycles. The van der Waals surface area contributed by atoms with Crippen LogP contribution in [-0.4, -0.2) is 74.0 Å². The van der Waals surface area contributed by atoms with Gasteiger partial charge in [-0.15, -0.1) is 0 Å². The second-order valence-electron chi connectivity index (χ2n) is 6.81. The Labute approximate surface area is 165 Å². The first-order chi connectivity index (χ1) is 14.0. The van der Waals surface area contributed by atoms with E-state index in [1.165, 1.54) is 46.7 Å². The van der Waals surface area contributed by atoms with Crippen LogP contribution in [0, 0.1) is 5.82 Å². The molecule has 8 nitrogen and oxygen atoms in total. The van der Waals surface area contributed by atoms with Crippen LogP contribution in [0.1, 0.15) is 21.0 Å². The molecular weight excluding hydrogens is 377 g/mol. The molecular formula is C20H18FN5O3. The van der Waals surface area contributed by atoms with Crippen molar-refractivity contribution in [3.8, 4) is 0 Å². The zero-order chi connectivity index (χ0) is 20.4. The molecule has 29 heavy (non-hydrogen) atoms. The lowest BCUT2D eigenvalue weighted by atomic mass is 10.1. The number of aromatic nitrogens is 3. The minimum absolute atomic E-state index is 0.0789. The first-order valence-electron chi connectivity index (χ1n) is 9.09. The molecule has 148 valence electrons. The molecule has 3 aromatic rings. The van der Waals surface area contributed by atoms with Crippen LogP contribution < -0.4 is 0 Å². The number of carbonyl (C=O) groups excluding carboxylic acids is 2. The molecule has 1 aliphatic heterocycles. The van der Waals surface area contributed by atoms with Gasteiger partial charge in [-0.3, -0.25) is 14.6 Å². The highest BCUT2D eigenvalue weighted by Gasteiger charge is 2.29. The van der Waals surface area contributed by atoms with Gasteiger partial charge in [-0.25, -0.2) is 14.4 Å². The van der Waals surface area contributed by atoms with Crippen molar-refractivity contribution in [2.75, 3.05) is 26.2 Å². The Kier molecular flexibility index (Phi) is 5.13. The van der Waals surface area contributed by atoms with Crippen molar-refractivity contribution in [2.24, 2.45) is 0 Å². The number of hydrogen-bond donors (Lipinski definition) is 1. The fourth-order valence-corrected chi connectivity index (χ4v) is 3.33. The standard InChI is InChI=1S/C20H18FN5O3/c21-15-2-1-13-8-18(23-9-14(13)7-15)20(29)26-6-5-25(10-16(27)11-26)19(28)17-3-4-22-12-24-17/h1-4,7-9,12,16,27H,5-6,10-11H2. The fraction of sp³-hybridized carbons (Fsp3) is 0.250. The zero-order valence-corrected chi connectivity index (χ0v) is 15.4. The third-order valence-electron chi connectivity index (χ3n) is 4.78. The number of rotatable bonds is 2. The number of carbonyl (C=O) groups is 2. The van der Waals surface area contributed by atoms with Gasteiger partial charge < -0.3 is 14.9 Å². The lowest BCUT2D eigenvalue weighted by Gasteiger charge is -2.21. The van der Waals surface area contributed by atoms with Gasteiger partial charge in [0.05, 0.1) is 6.10 Å². The van der Waals surface area contributed by atoms with E-state index in [-0.39, 0.29) is 55.2 Å². The van der Waals surface area contributed by atoms with E-state index >= 15 is 0 Å². The van der Waals surface area contributed by atoms with Gasteiger partial charge in [0.2, 0.25) is 0 Å². The Hall–Kier alpha value is -3.46. The Balaban J connectivity index is 1.51. The van der Waals surface area contributed by atoms with E-state index in [9.17, 15) is 19.1 Å². The fourth-order valence-electron chi connectivity index (χ4n) is 3.33. The van der Waals surface area contributed by atoms with Crippen LogP contribution in [0.15, 0.2) is 49.1 Å². The number of halogens is 1. The number of amides is 2. The molecule has 0 bridgehead atoms. The van der Waals surface area contributed by atoms with Gasteiger partial charge in [-0.2, -0.15) is 0 Å². The van der Waals surface area contributed by atoms with Gasteiger partial charge in [0.1, 0.15) is 23.5 Å². The summed E-state index contributed by atoms with van der Waals surface area (Å²) in [5.74, 6) is -1.05. The average Bonchev–Trinajstić information content (AvgIpc) is 2.94. The van der Waals surface area contributed by atoms with E-state index in [0.717, 1.165) is 0 Å². The zero-order valence-electron chi connectivity index (χ0n) is 15.4. The first kappa shape index (κ1) is 18.9. The molecule has 1 aromatic carbocycles. The highest BCUT2D eigenvalue weighted by Crippen LogP contribution is 2.17. The Morgan fingerprint density at radius 3 is 2.38 bits per heavy atom. The maximum absolute atomic E-state index is 13.3. The van der Waals surface area contributed by atoms with Crippen LogP contribution in [0.3, 0.4) is 0 Å². The predicted molar refractivity (Wildman–Crippen MR) is 102 cm³/mol. The summed E-state index contributed by atoms with van der Waals surface area (Å²) < 4.78 is 13.3. The van der Waals surface area contributed by atoms with Crippen LogP contribution in [0.2, 0.25) is 0 Å². The SMILES string of the molecule is O=C(c1ccncn1)N1CCN(C(=O)c2cc3ccc(F)cc3cn2)CC(O)C1. The molecule has 0 aliphatic carbocycles. The second kappa shape index (κ2) is 7.88. The summed E-state index contributed by atoms with van der Waals surface area (Å²) in [6, 6.07) is 7.36. The van der Waals surface area contributed by atoms with Crippen LogP contribution in [0.5, 0.6) is 0 Å². The highest BCUT2D eigenvalue weighted by atomic mass is 19.1. The van der Waals surface area contributed by atoms with Crippen LogP contribution in [0.4, 0.5) is 4.39 Å².